The molecule has 12 nitrogen and oxygen atoms in total. The van der Waals surface area contributed by atoms with Gasteiger partial charge < -0.3 is 15.2 Å². The summed E-state index contributed by atoms with van der Waals surface area (Å²) in [5.74, 6) is -3.26. The van der Waals surface area contributed by atoms with E-state index >= 15 is 0 Å². The van der Waals surface area contributed by atoms with Gasteiger partial charge in [0.05, 0.1) is 18.7 Å². The van der Waals surface area contributed by atoms with Gasteiger partial charge in [-0.15, -0.1) is 0 Å². The van der Waals surface area contributed by atoms with Crippen LogP contribution in [0.5, 0.6) is 0 Å². The molecule has 3 atom stereocenters. The van der Waals surface area contributed by atoms with Crippen molar-refractivity contribution in [3.8, 4) is 0 Å². The van der Waals surface area contributed by atoms with E-state index in [0.717, 1.165) is 16.3 Å². The maximum atomic E-state index is 12.9. The van der Waals surface area contributed by atoms with Gasteiger partial charge in [0.15, 0.2) is 0 Å². The number of carboxylic acids is 1. The van der Waals surface area contributed by atoms with Gasteiger partial charge >= 0.3 is 5.97 Å². The fourth-order valence-electron chi connectivity index (χ4n) is 3.24. The number of aldehydes is 1. The monoisotopic (exact) mass is 434 g/mol. The van der Waals surface area contributed by atoms with E-state index in [-0.39, 0.29) is 39.5 Å². The molecule has 2 heterocycles. The predicted octanol–water partition coefficient (Wildman–Crippen LogP) is -1.77. The van der Waals surface area contributed by atoms with E-state index < -0.39 is 58.3 Å². The number of hydrazine groups is 1. The van der Waals surface area contributed by atoms with E-state index in [4.69, 9.17) is 5.11 Å². The van der Waals surface area contributed by atoms with Gasteiger partial charge in [-0.05, 0) is 19.3 Å². The Hall–Kier alpha value is -2.54. The second-order valence-electron chi connectivity index (χ2n) is 6.69. The molecular weight excluding hydrogens is 408 g/mol. The topological polar surface area (TPSA) is 170 Å². The molecule has 0 aromatic carbocycles. The quantitative estimate of drug-likeness (QED) is 0.395. The van der Waals surface area contributed by atoms with Crippen LogP contribution in [0.1, 0.15) is 39.5 Å². The minimum atomic E-state index is -3.74. The summed E-state index contributed by atoms with van der Waals surface area (Å²) >= 11 is 0. The Morgan fingerprint density at radius 2 is 1.97 bits per heavy atom. The minimum absolute atomic E-state index is 0. The molecule has 0 unspecified atom stereocenters. The van der Waals surface area contributed by atoms with Crippen molar-refractivity contribution in [2.75, 3.05) is 12.8 Å². The first-order chi connectivity index (χ1) is 13.0. The van der Waals surface area contributed by atoms with Crippen molar-refractivity contribution >= 4 is 40.0 Å². The van der Waals surface area contributed by atoms with Crippen molar-refractivity contribution in [3.63, 3.8) is 0 Å². The normalized spacial score (nSPS) is 23.3. The van der Waals surface area contributed by atoms with Gasteiger partial charge in [0.1, 0.15) is 18.4 Å². The van der Waals surface area contributed by atoms with Crippen LogP contribution >= 0.6 is 0 Å². The maximum absolute atomic E-state index is 12.9. The molecule has 2 aliphatic heterocycles. The number of carbonyl (C=O) groups excluding carboxylic acids is 4. The van der Waals surface area contributed by atoms with E-state index in [1.165, 1.54) is 0 Å². The molecular formula is C16H26N4O8S. The van der Waals surface area contributed by atoms with Crippen LogP contribution in [-0.2, 0) is 34.0 Å². The number of hydrogen-bond donors (Lipinski definition) is 3. The number of sulfonamides is 1. The lowest BCUT2D eigenvalue weighted by molar-refractivity contribution is -0.176. The van der Waals surface area contributed by atoms with Gasteiger partial charge in [-0.1, -0.05) is 7.43 Å². The molecule has 29 heavy (non-hydrogen) atoms. The lowest BCUT2D eigenvalue weighted by Crippen LogP contribution is -2.64. The highest BCUT2D eigenvalue weighted by atomic mass is 32.2. The summed E-state index contributed by atoms with van der Waals surface area (Å²) in [7, 11) is -3.74. The highest BCUT2D eigenvalue weighted by Crippen LogP contribution is 2.25. The average molecular weight is 434 g/mol. The Morgan fingerprint density at radius 1 is 1.31 bits per heavy atom. The number of carbonyl (C=O) groups is 5. The van der Waals surface area contributed by atoms with Gasteiger partial charge in [0, 0.05) is 13.0 Å². The Morgan fingerprint density at radius 3 is 2.52 bits per heavy atom. The standard InChI is InChI=1S/C15H22N4O8S.CH4/c1-28(26,27)17-10-4-5-12(21)18-6-2-3-11(19(18)15(10)25)14(24)16-9(8-20)7-13(22)23;/h8-11,17H,2-7H2,1H3,(H,16,24)(H,22,23);1H4/t9-,10-,11-;/m0./s1. The highest BCUT2D eigenvalue weighted by molar-refractivity contribution is 7.88. The smallest absolute Gasteiger partial charge is 0.305 e. The van der Waals surface area contributed by atoms with E-state index in [2.05, 4.69) is 10.0 Å². The van der Waals surface area contributed by atoms with E-state index in [1.54, 1.807) is 0 Å². The molecule has 0 bridgehead atoms. The first kappa shape index (κ1) is 24.5. The fourth-order valence-corrected chi connectivity index (χ4v) is 3.98. The zero-order valence-electron chi connectivity index (χ0n) is 15.2. The molecule has 0 saturated carbocycles. The number of nitrogens with zero attached hydrogens (tertiary/aromatic N) is 2. The number of carboxylic acid groups (broad SMARTS) is 1. The predicted molar refractivity (Wildman–Crippen MR) is 99.6 cm³/mol. The number of amides is 3. The molecule has 0 aliphatic carbocycles. The maximum Gasteiger partial charge on any atom is 0.305 e. The molecule has 0 spiro atoms. The third-order valence-electron chi connectivity index (χ3n) is 4.41. The van der Waals surface area contributed by atoms with Crippen molar-refractivity contribution in [1.29, 1.82) is 0 Å². The molecule has 164 valence electrons. The molecule has 2 rings (SSSR count). The summed E-state index contributed by atoms with van der Waals surface area (Å²) in [5, 5.41) is 13.1. The number of aliphatic carboxylic acids is 1. The van der Waals surface area contributed by atoms with Gasteiger partial charge in [0.2, 0.25) is 21.8 Å². The molecule has 13 heteroatoms. The first-order valence-electron chi connectivity index (χ1n) is 8.61. The zero-order valence-corrected chi connectivity index (χ0v) is 16.0. The van der Waals surface area contributed by atoms with Crippen LogP contribution in [0.25, 0.3) is 0 Å². The molecule has 2 aliphatic rings. The largest absolute Gasteiger partial charge is 0.481 e. The average Bonchev–Trinajstić information content (AvgIpc) is 2.71. The summed E-state index contributed by atoms with van der Waals surface area (Å²) in [6.45, 7) is 0.187. The van der Waals surface area contributed by atoms with Crippen molar-refractivity contribution in [3.05, 3.63) is 0 Å². The number of fused-ring (bicyclic) bond motifs is 1. The fraction of sp³-hybridized carbons (Fsp3) is 0.688. The SMILES string of the molecule is C.CS(=O)(=O)N[C@H]1CCC(=O)N2CCC[C@@H](C(=O)N[C@H](C=O)CC(=O)O)N2C1=O. The Balaban J connectivity index is 0.00000420. The van der Waals surface area contributed by atoms with Crippen molar-refractivity contribution in [2.45, 2.75) is 57.7 Å². The number of nitrogens with one attached hydrogen (secondary N) is 2. The molecule has 3 amide bonds. The third kappa shape index (κ3) is 6.22. The summed E-state index contributed by atoms with van der Waals surface area (Å²) in [6.07, 6.45) is 0.967. The summed E-state index contributed by atoms with van der Waals surface area (Å²) < 4.78 is 25.3. The third-order valence-corrected chi connectivity index (χ3v) is 5.12. The molecule has 2 fully saturated rings. The summed E-state index contributed by atoms with van der Waals surface area (Å²) in [4.78, 5) is 59.7. The Labute approximate surface area is 168 Å². The van der Waals surface area contributed by atoms with E-state index in [1.807, 2.05) is 0 Å². The molecule has 2 saturated heterocycles. The molecule has 0 aromatic rings. The minimum Gasteiger partial charge on any atom is -0.481 e. The first-order valence-corrected chi connectivity index (χ1v) is 10.5. The van der Waals surface area contributed by atoms with Gasteiger partial charge in [-0.2, -0.15) is 0 Å². The van der Waals surface area contributed by atoms with Gasteiger partial charge in [-0.3, -0.25) is 24.2 Å². The number of rotatable bonds is 7. The second kappa shape index (κ2) is 9.78. The van der Waals surface area contributed by atoms with E-state index in [9.17, 15) is 32.4 Å². The van der Waals surface area contributed by atoms with E-state index in [0.29, 0.717) is 6.42 Å². The lowest BCUT2D eigenvalue weighted by Gasteiger charge is -2.43. The summed E-state index contributed by atoms with van der Waals surface area (Å²) in [5.41, 5.74) is 0. The van der Waals surface area contributed by atoms with Crippen LogP contribution in [0.2, 0.25) is 0 Å². The van der Waals surface area contributed by atoms with Crippen LogP contribution in [-0.4, -0.2) is 84.4 Å². The van der Waals surface area contributed by atoms with Crippen molar-refractivity contribution in [2.24, 2.45) is 0 Å². The highest BCUT2D eigenvalue weighted by Gasteiger charge is 2.45. The zero-order chi connectivity index (χ0) is 21.1. The van der Waals surface area contributed by atoms with Crippen LogP contribution in [0.3, 0.4) is 0 Å². The molecule has 0 aromatic heterocycles. The Kier molecular flexibility index (Phi) is 8.26. The van der Waals surface area contributed by atoms with Crippen LogP contribution < -0.4 is 10.0 Å². The van der Waals surface area contributed by atoms with Crippen LogP contribution in [0, 0.1) is 0 Å². The van der Waals surface area contributed by atoms with Crippen LogP contribution in [0.15, 0.2) is 0 Å². The van der Waals surface area contributed by atoms with Gasteiger partial charge in [0.25, 0.3) is 5.91 Å². The lowest BCUT2D eigenvalue weighted by atomic mass is 10.1. The molecule has 3 N–H and O–H groups in total. The number of hydrogen-bond acceptors (Lipinski definition) is 7. The van der Waals surface area contributed by atoms with Crippen molar-refractivity contribution in [1.82, 2.24) is 20.1 Å². The Bertz CT molecular complexity index is 784. The van der Waals surface area contributed by atoms with Crippen molar-refractivity contribution < 1.29 is 37.5 Å². The van der Waals surface area contributed by atoms with Gasteiger partial charge in [-0.25, -0.2) is 18.1 Å². The van der Waals surface area contributed by atoms with Crippen LogP contribution in [0.4, 0.5) is 0 Å². The molecule has 0 radical (unpaired) electrons. The summed E-state index contributed by atoms with van der Waals surface area (Å²) in [6, 6.07) is -3.66. The second-order valence-corrected chi connectivity index (χ2v) is 8.47.